The van der Waals surface area contributed by atoms with E-state index in [4.69, 9.17) is 0 Å². The summed E-state index contributed by atoms with van der Waals surface area (Å²) in [5.74, 6) is 0.759. The quantitative estimate of drug-likeness (QED) is 0.732. The number of aliphatic hydroxyl groups is 1. The third kappa shape index (κ3) is 1.93. The largest absolute Gasteiger partial charge is 0.384 e. The zero-order valence-corrected chi connectivity index (χ0v) is 11.2. The zero-order chi connectivity index (χ0) is 13.5. The van der Waals surface area contributed by atoms with E-state index in [0.29, 0.717) is 0 Å². The van der Waals surface area contributed by atoms with Crippen LogP contribution in [0.3, 0.4) is 0 Å². The van der Waals surface area contributed by atoms with Crippen molar-refractivity contribution in [3.05, 3.63) is 71.4 Å². The van der Waals surface area contributed by atoms with Crippen LogP contribution in [-0.2, 0) is 0 Å². The molecule has 1 unspecified atom stereocenters. The summed E-state index contributed by atoms with van der Waals surface area (Å²) in [6, 6.07) is 16.5. The van der Waals surface area contributed by atoms with E-state index < -0.39 is 6.10 Å². The second-order valence-corrected chi connectivity index (χ2v) is 5.63. The van der Waals surface area contributed by atoms with Crippen LogP contribution in [0, 0.1) is 0 Å². The van der Waals surface area contributed by atoms with Gasteiger partial charge in [-0.1, -0.05) is 36.4 Å². The van der Waals surface area contributed by atoms with Crippen LogP contribution in [0.25, 0.3) is 10.9 Å². The lowest BCUT2D eigenvalue weighted by Gasteiger charge is -2.13. The van der Waals surface area contributed by atoms with Crippen LogP contribution < -0.4 is 0 Å². The minimum absolute atomic E-state index is 0.567. The van der Waals surface area contributed by atoms with Gasteiger partial charge in [0.25, 0.3) is 0 Å². The molecule has 1 heterocycles. The Balaban J connectivity index is 1.71. The number of fused-ring (bicyclic) bond motifs is 1. The van der Waals surface area contributed by atoms with Crippen LogP contribution in [0.15, 0.2) is 54.7 Å². The summed E-state index contributed by atoms with van der Waals surface area (Å²) in [6.45, 7) is 0. The lowest BCUT2D eigenvalue weighted by molar-refractivity contribution is 0.222. The molecule has 0 bridgehead atoms. The van der Waals surface area contributed by atoms with Gasteiger partial charge in [-0.2, -0.15) is 0 Å². The van der Waals surface area contributed by atoms with E-state index >= 15 is 0 Å². The number of nitrogens with one attached hydrogen (secondary N) is 1. The Bertz CT molecular complexity index is 737. The van der Waals surface area contributed by atoms with Gasteiger partial charge in [-0.3, -0.25) is 0 Å². The topological polar surface area (TPSA) is 36.0 Å². The number of aliphatic hydroxyl groups excluding tert-OH is 1. The summed E-state index contributed by atoms with van der Waals surface area (Å²) in [5.41, 5.74) is 4.39. The Morgan fingerprint density at radius 1 is 1.00 bits per heavy atom. The normalized spacial score (nSPS) is 16.4. The van der Waals surface area contributed by atoms with Crippen molar-refractivity contribution in [3.63, 3.8) is 0 Å². The molecule has 3 aromatic rings. The minimum atomic E-state index is -0.567. The summed E-state index contributed by atoms with van der Waals surface area (Å²) in [5, 5.41) is 11.7. The Morgan fingerprint density at radius 3 is 2.55 bits per heavy atom. The lowest BCUT2D eigenvalue weighted by atomic mass is 9.97. The van der Waals surface area contributed by atoms with Crippen LogP contribution in [0.5, 0.6) is 0 Å². The predicted octanol–water partition coefficient (Wildman–Crippen LogP) is 4.13. The fraction of sp³-hybridized carbons (Fsp3) is 0.222. The maximum Gasteiger partial charge on any atom is 0.105 e. The van der Waals surface area contributed by atoms with Gasteiger partial charge >= 0.3 is 0 Å². The van der Waals surface area contributed by atoms with Crippen molar-refractivity contribution in [3.8, 4) is 0 Å². The molecule has 100 valence electrons. The van der Waals surface area contributed by atoms with E-state index in [2.05, 4.69) is 29.2 Å². The lowest BCUT2D eigenvalue weighted by Crippen LogP contribution is -2.00. The summed E-state index contributed by atoms with van der Waals surface area (Å²) in [6.07, 6.45) is 3.97. The van der Waals surface area contributed by atoms with Gasteiger partial charge in [-0.25, -0.2) is 0 Å². The average Bonchev–Trinajstić information content (AvgIpc) is 3.23. The van der Waals surface area contributed by atoms with Crippen molar-refractivity contribution < 1.29 is 5.11 Å². The molecule has 2 nitrogen and oxygen atoms in total. The summed E-state index contributed by atoms with van der Waals surface area (Å²) < 4.78 is 0. The van der Waals surface area contributed by atoms with Crippen molar-refractivity contribution >= 4 is 10.9 Å². The molecule has 1 aliphatic carbocycles. The van der Waals surface area contributed by atoms with E-state index in [9.17, 15) is 5.11 Å². The SMILES string of the molecule is OC(c1ccc(C2CC2)cc1)c1cccc2[nH]ccc12. The molecule has 0 saturated heterocycles. The molecule has 20 heavy (non-hydrogen) atoms. The third-order valence-electron chi connectivity index (χ3n) is 4.22. The van der Waals surface area contributed by atoms with Crippen LogP contribution in [0.1, 0.15) is 41.6 Å². The van der Waals surface area contributed by atoms with E-state index in [1.165, 1.54) is 18.4 Å². The van der Waals surface area contributed by atoms with Gasteiger partial charge in [0, 0.05) is 17.1 Å². The number of aromatic amines is 1. The standard InChI is InChI=1S/C18H17NO/c20-18(14-8-6-13(7-9-14)12-4-5-12)16-2-1-3-17-15(16)10-11-19-17/h1-3,6-12,18-20H,4-5H2. The van der Waals surface area contributed by atoms with E-state index in [1.54, 1.807) is 0 Å². The van der Waals surface area contributed by atoms with Gasteiger partial charge in [0.15, 0.2) is 0 Å². The second-order valence-electron chi connectivity index (χ2n) is 5.63. The minimum Gasteiger partial charge on any atom is -0.384 e. The highest BCUT2D eigenvalue weighted by atomic mass is 16.3. The first-order valence-corrected chi connectivity index (χ1v) is 7.17. The summed E-state index contributed by atoms with van der Waals surface area (Å²) >= 11 is 0. The van der Waals surface area contributed by atoms with Gasteiger partial charge in [0.05, 0.1) is 0 Å². The van der Waals surface area contributed by atoms with E-state index in [-0.39, 0.29) is 0 Å². The van der Waals surface area contributed by atoms with Crippen LogP contribution in [0.4, 0.5) is 0 Å². The fourth-order valence-corrected chi connectivity index (χ4v) is 2.89. The maximum atomic E-state index is 10.6. The molecule has 0 amide bonds. The highest BCUT2D eigenvalue weighted by molar-refractivity contribution is 5.83. The summed E-state index contributed by atoms with van der Waals surface area (Å²) in [4.78, 5) is 3.19. The molecule has 0 spiro atoms. The highest BCUT2D eigenvalue weighted by Gasteiger charge is 2.23. The van der Waals surface area contributed by atoms with Crippen molar-refractivity contribution in [1.82, 2.24) is 4.98 Å². The third-order valence-corrected chi connectivity index (χ3v) is 4.22. The molecule has 2 aromatic carbocycles. The highest BCUT2D eigenvalue weighted by Crippen LogP contribution is 2.40. The monoisotopic (exact) mass is 263 g/mol. The number of aromatic nitrogens is 1. The molecular weight excluding hydrogens is 246 g/mol. The predicted molar refractivity (Wildman–Crippen MR) is 80.8 cm³/mol. The molecule has 1 aliphatic rings. The molecule has 1 atom stereocenters. The molecular formula is C18H17NO. The second kappa shape index (κ2) is 4.50. The fourth-order valence-electron chi connectivity index (χ4n) is 2.89. The first-order valence-electron chi connectivity index (χ1n) is 7.17. The van der Waals surface area contributed by atoms with Crippen LogP contribution >= 0.6 is 0 Å². The number of rotatable bonds is 3. The zero-order valence-electron chi connectivity index (χ0n) is 11.2. The summed E-state index contributed by atoms with van der Waals surface area (Å²) in [7, 11) is 0. The van der Waals surface area contributed by atoms with E-state index in [1.807, 2.05) is 30.5 Å². The molecule has 2 heteroatoms. The van der Waals surface area contributed by atoms with Crippen molar-refractivity contribution in [1.29, 1.82) is 0 Å². The molecule has 2 N–H and O–H groups in total. The molecule has 1 aromatic heterocycles. The number of benzene rings is 2. The van der Waals surface area contributed by atoms with Gasteiger partial charge in [0.2, 0.25) is 0 Å². The molecule has 1 saturated carbocycles. The molecule has 0 radical (unpaired) electrons. The number of H-pyrrole nitrogens is 1. The van der Waals surface area contributed by atoms with Gasteiger partial charge < -0.3 is 10.1 Å². The Morgan fingerprint density at radius 2 is 1.80 bits per heavy atom. The van der Waals surface area contributed by atoms with Gasteiger partial charge in [0.1, 0.15) is 6.10 Å². The smallest absolute Gasteiger partial charge is 0.105 e. The number of hydrogen-bond acceptors (Lipinski definition) is 1. The molecule has 4 rings (SSSR count). The van der Waals surface area contributed by atoms with Gasteiger partial charge in [-0.05, 0) is 47.6 Å². The first kappa shape index (κ1) is 11.7. The van der Waals surface area contributed by atoms with Crippen molar-refractivity contribution in [2.75, 3.05) is 0 Å². The number of hydrogen-bond donors (Lipinski definition) is 2. The Labute approximate surface area is 118 Å². The van der Waals surface area contributed by atoms with Gasteiger partial charge in [-0.15, -0.1) is 0 Å². The van der Waals surface area contributed by atoms with E-state index in [0.717, 1.165) is 27.9 Å². The average molecular weight is 263 g/mol. The van der Waals surface area contributed by atoms with Crippen molar-refractivity contribution in [2.45, 2.75) is 24.9 Å². The van der Waals surface area contributed by atoms with Crippen LogP contribution in [-0.4, -0.2) is 10.1 Å². The molecule has 0 aliphatic heterocycles. The first-order chi connectivity index (χ1) is 9.83. The molecule has 1 fully saturated rings. The Kier molecular flexibility index (Phi) is 2.64. The van der Waals surface area contributed by atoms with Crippen LogP contribution in [0.2, 0.25) is 0 Å². The van der Waals surface area contributed by atoms with Crippen molar-refractivity contribution in [2.24, 2.45) is 0 Å². The Hall–Kier alpha value is -2.06. The maximum absolute atomic E-state index is 10.6.